The minimum Gasteiger partial charge on any atom is -0.273 e. The van der Waals surface area contributed by atoms with Crippen molar-refractivity contribution in [2.75, 3.05) is 0 Å². The largest absolute Gasteiger partial charge is 0.273 e. The topological polar surface area (TPSA) is 40.6 Å². The van der Waals surface area contributed by atoms with Crippen molar-refractivity contribution in [1.29, 1.82) is 0 Å². The molecule has 106 valence electrons. The summed E-state index contributed by atoms with van der Waals surface area (Å²) in [5, 5.41) is 3.22. The highest BCUT2D eigenvalue weighted by Crippen LogP contribution is 2.17. The van der Waals surface area contributed by atoms with Crippen molar-refractivity contribution in [3.63, 3.8) is 0 Å². The van der Waals surface area contributed by atoms with Crippen LogP contribution in [0.1, 0.15) is 55.4 Å². The standard InChI is InChI=1S/C14H28N2O2/c1-9(2)13(17)15(11(5)6)16(12(7)8)14(18)10(3)4/h9-12H,1-8H3. The van der Waals surface area contributed by atoms with E-state index in [0.29, 0.717) is 0 Å². The fourth-order valence-corrected chi connectivity index (χ4v) is 1.75. The van der Waals surface area contributed by atoms with Gasteiger partial charge < -0.3 is 0 Å². The van der Waals surface area contributed by atoms with Gasteiger partial charge in [-0.2, -0.15) is 0 Å². The predicted octanol–water partition coefficient (Wildman–Crippen LogP) is 2.69. The van der Waals surface area contributed by atoms with Gasteiger partial charge in [-0.1, -0.05) is 27.7 Å². The summed E-state index contributed by atoms with van der Waals surface area (Å²) in [7, 11) is 0. The number of carbonyl (C=O) groups is 2. The summed E-state index contributed by atoms with van der Waals surface area (Å²) in [6.45, 7) is 15.2. The monoisotopic (exact) mass is 256 g/mol. The van der Waals surface area contributed by atoms with Crippen LogP contribution in [-0.4, -0.2) is 33.9 Å². The third-order valence-corrected chi connectivity index (χ3v) is 2.65. The van der Waals surface area contributed by atoms with Crippen molar-refractivity contribution < 1.29 is 9.59 Å². The zero-order valence-electron chi connectivity index (χ0n) is 13.0. The van der Waals surface area contributed by atoms with Crippen molar-refractivity contribution in [2.45, 2.75) is 67.5 Å². The summed E-state index contributed by atoms with van der Waals surface area (Å²) in [5.74, 6) is -0.248. The number of nitrogens with zero attached hydrogens (tertiary/aromatic N) is 2. The molecule has 0 atom stereocenters. The number of rotatable bonds is 4. The Hall–Kier alpha value is -1.06. The van der Waals surface area contributed by atoms with Crippen LogP contribution in [0, 0.1) is 11.8 Å². The van der Waals surface area contributed by atoms with Crippen LogP contribution in [0.15, 0.2) is 0 Å². The van der Waals surface area contributed by atoms with E-state index < -0.39 is 0 Å². The summed E-state index contributed by atoms with van der Waals surface area (Å²) in [6, 6.07) is -0.0463. The molecule has 0 bridgehead atoms. The molecule has 18 heavy (non-hydrogen) atoms. The van der Waals surface area contributed by atoms with Crippen molar-refractivity contribution in [1.82, 2.24) is 10.0 Å². The first-order valence-corrected chi connectivity index (χ1v) is 6.77. The fraction of sp³-hybridized carbons (Fsp3) is 0.857. The van der Waals surface area contributed by atoms with Gasteiger partial charge in [0, 0.05) is 23.9 Å². The highest BCUT2D eigenvalue weighted by atomic mass is 16.2. The van der Waals surface area contributed by atoms with E-state index in [9.17, 15) is 9.59 Å². The molecule has 0 aliphatic carbocycles. The predicted molar refractivity (Wildman–Crippen MR) is 73.6 cm³/mol. The summed E-state index contributed by atoms with van der Waals surface area (Å²) < 4.78 is 0. The van der Waals surface area contributed by atoms with Crippen molar-refractivity contribution in [3.8, 4) is 0 Å². The number of hydrazine groups is 1. The molecule has 0 radical (unpaired) electrons. The minimum atomic E-state index is -0.117. The lowest BCUT2D eigenvalue weighted by Gasteiger charge is -2.42. The molecule has 0 N–H and O–H groups in total. The SMILES string of the molecule is CC(C)C(=O)N(C(C)C)N(C(=O)C(C)C)C(C)C. The van der Waals surface area contributed by atoms with Gasteiger partial charge in [0.1, 0.15) is 0 Å². The highest BCUT2D eigenvalue weighted by Gasteiger charge is 2.32. The van der Waals surface area contributed by atoms with Gasteiger partial charge in [0.25, 0.3) is 0 Å². The van der Waals surface area contributed by atoms with Crippen LogP contribution in [0.25, 0.3) is 0 Å². The van der Waals surface area contributed by atoms with Gasteiger partial charge in [0.05, 0.1) is 0 Å². The van der Waals surface area contributed by atoms with Crippen LogP contribution < -0.4 is 0 Å². The molecular weight excluding hydrogens is 228 g/mol. The first-order chi connectivity index (χ1) is 8.11. The fourth-order valence-electron chi connectivity index (χ4n) is 1.75. The van der Waals surface area contributed by atoms with E-state index in [1.165, 1.54) is 0 Å². The molecule has 2 amide bonds. The van der Waals surface area contributed by atoms with Crippen LogP contribution in [-0.2, 0) is 9.59 Å². The molecular formula is C14H28N2O2. The molecule has 0 aromatic carbocycles. The Morgan fingerprint density at radius 3 is 0.944 bits per heavy atom. The maximum atomic E-state index is 12.3. The quantitative estimate of drug-likeness (QED) is 0.726. The number of amides is 2. The van der Waals surface area contributed by atoms with Crippen LogP contribution in [0.3, 0.4) is 0 Å². The normalized spacial score (nSPS) is 11.6. The summed E-state index contributed by atoms with van der Waals surface area (Å²) in [6.07, 6.45) is 0. The smallest absolute Gasteiger partial charge is 0.243 e. The van der Waals surface area contributed by atoms with Crippen LogP contribution >= 0.6 is 0 Å². The molecule has 0 fully saturated rings. The Kier molecular flexibility index (Phi) is 6.36. The Morgan fingerprint density at radius 2 is 0.833 bits per heavy atom. The lowest BCUT2D eigenvalue weighted by Crippen LogP contribution is -2.57. The van der Waals surface area contributed by atoms with Gasteiger partial charge in [-0.05, 0) is 27.7 Å². The molecule has 0 aromatic rings. The van der Waals surface area contributed by atoms with E-state index in [-0.39, 0.29) is 35.7 Å². The second-order valence-electron chi connectivity index (χ2n) is 5.86. The second-order valence-corrected chi connectivity index (χ2v) is 5.86. The molecule has 0 heterocycles. The lowest BCUT2D eigenvalue weighted by atomic mass is 10.1. The van der Waals surface area contributed by atoms with E-state index in [1.54, 1.807) is 10.0 Å². The molecule has 4 heteroatoms. The van der Waals surface area contributed by atoms with E-state index in [2.05, 4.69) is 0 Å². The van der Waals surface area contributed by atoms with E-state index in [0.717, 1.165) is 0 Å². The van der Waals surface area contributed by atoms with Gasteiger partial charge in [-0.15, -0.1) is 0 Å². The molecule has 0 saturated carbocycles. The van der Waals surface area contributed by atoms with E-state index in [1.807, 2.05) is 55.4 Å². The third-order valence-electron chi connectivity index (χ3n) is 2.65. The molecule has 4 nitrogen and oxygen atoms in total. The first-order valence-electron chi connectivity index (χ1n) is 6.77. The molecule has 0 aromatic heterocycles. The maximum absolute atomic E-state index is 12.3. The van der Waals surface area contributed by atoms with Gasteiger partial charge in [-0.25, -0.2) is 10.0 Å². The number of carbonyl (C=O) groups excluding carboxylic acids is 2. The maximum Gasteiger partial charge on any atom is 0.243 e. The Bertz CT molecular complexity index is 266. The Labute approximate surface area is 111 Å². The van der Waals surface area contributed by atoms with Gasteiger partial charge in [-0.3, -0.25) is 9.59 Å². The second kappa shape index (κ2) is 6.76. The van der Waals surface area contributed by atoms with Crippen molar-refractivity contribution in [3.05, 3.63) is 0 Å². The average Bonchev–Trinajstić information content (AvgIpc) is 2.22. The Morgan fingerprint density at radius 1 is 0.611 bits per heavy atom. The van der Waals surface area contributed by atoms with Crippen LogP contribution in [0.5, 0.6) is 0 Å². The van der Waals surface area contributed by atoms with Gasteiger partial charge in [0.15, 0.2) is 0 Å². The van der Waals surface area contributed by atoms with Crippen molar-refractivity contribution >= 4 is 11.8 Å². The summed E-state index contributed by atoms with van der Waals surface area (Å²) in [5.41, 5.74) is 0. The Balaban J connectivity index is 5.39. The summed E-state index contributed by atoms with van der Waals surface area (Å²) >= 11 is 0. The van der Waals surface area contributed by atoms with E-state index >= 15 is 0 Å². The molecule has 0 spiro atoms. The molecule has 0 saturated heterocycles. The molecule has 0 aliphatic rings. The summed E-state index contributed by atoms with van der Waals surface area (Å²) in [4.78, 5) is 24.6. The molecule has 0 unspecified atom stereocenters. The average molecular weight is 256 g/mol. The number of hydrogen-bond acceptors (Lipinski definition) is 2. The van der Waals surface area contributed by atoms with Gasteiger partial charge >= 0.3 is 0 Å². The third kappa shape index (κ3) is 4.00. The van der Waals surface area contributed by atoms with Crippen LogP contribution in [0.2, 0.25) is 0 Å². The van der Waals surface area contributed by atoms with Crippen molar-refractivity contribution in [2.24, 2.45) is 11.8 Å². The highest BCUT2D eigenvalue weighted by molar-refractivity contribution is 5.84. The van der Waals surface area contributed by atoms with Crippen LogP contribution in [0.4, 0.5) is 0 Å². The first kappa shape index (κ1) is 16.9. The van der Waals surface area contributed by atoms with E-state index in [4.69, 9.17) is 0 Å². The van der Waals surface area contributed by atoms with Gasteiger partial charge in [0.2, 0.25) is 11.8 Å². The lowest BCUT2D eigenvalue weighted by molar-refractivity contribution is -0.176. The molecule has 0 rings (SSSR count). The number of hydrogen-bond donors (Lipinski definition) is 0. The molecule has 0 aliphatic heterocycles. The zero-order chi connectivity index (χ0) is 14.6. The zero-order valence-corrected chi connectivity index (χ0v) is 13.0. The minimum absolute atomic E-state index is 0.00676.